The van der Waals surface area contributed by atoms with Crippen LogP contribution in [-0.4, -0.2) is 59.8 Å². The van der Waals surface area contributed by atoms with Crippen LogP contribution in [0.25, 0.3) is 0 Å². The van der Waals surface area contributed by atoms with Gasteiger partial charge >= 0.3 is 5.97 Å². The fourth-order valence-corrected chi connectivity index (χ4v) is 7.71. The second-order valence-corrected chi connectivity index (χ2v) is 13.5. The molecule has 0 amide bonds. The first kappa shape index (κ1) is 28.4. The quantitative estimate of drug-likeness (QED) is 0.292. The molecular formula is C32H45NO6. The van der Waals surface area contributed by atoms with E-state index in [0.717, 1.165) is 49.0 Å². The molecule has 3 fully saturated rings. The Hall–Kier alpha value is -2.09. The van der Waals surface area contributed by atoms with Crippen LogP contribution in [0.2, 0.25) is 0 Å². The molecule has 2 bridgehead atoms. The van der Waals surface area contributed by atoms with E-state index in [4.69, 9.17) is 14.2 Å². The standard InChI is InChI=1S/C32H45NO6/c1-18-16-31-14-13-19(2)29(4,5)23(25(31)34)15-21-17-37-30(6,7)39-27(21)32(31,36)26(18)38-28(35)20(3)22-11-9-10-12-24(22)33-8/h15-16,19,23,26-27,36H,9-14,17H2,1-8H3/b22-20+,33-24?. The fraction of sp³-hybridized carbons (Fsp3) is 0.719. The number of carbonyl (C=O) groups is 2. The van der Waals surface area contributed by atoms with Crippen LogP contribution in [0.3, 0.4) is 0 Å². The summed E-state index contributed by atoms with van der Waals surface area (Å²) in [5, 5.41) is 13.0. The molecule has 6 unspecified atom stereocenters. The number of esters is 1. The molecule has 1 aliphatic heterocycles. The smallest absolute Gasteiger partial charge is 0.334 e. The molecule has 2 saturated carbocycles. The van der Waals surface area contributed by atoms with Gasteiger partial charge in [0.05, 0.1) is 12.0 Å². The van der Waals surface area contributed by atoms with Crippen LogP contribution in [-0.2, 0) is 23.8 Å². The number of rotatable bonds is 2. The van der Waals surface area contributed by atoms with Gasteiger partial charge in [0.2, 0.25) is 0 Å². The van der Waals surface area contributed by atoms with Gasteiger partial charge in [-0.05, 0) is 94.3 Å². The maximum absolute atomic E-state index is 14.7. The zero-order valence-corrected chi connectivity index (χ0v) is 24.8. The molecule has 1 saturated heterocycles. The summed E-state index contributed by atoms with van der Waals surface area (Å²) in [7, 11) is 1.76. The molecule has 1 heterocycles. The minimum Gasteiger partial charge on any atom is -0.451 e. The van der Waals surface area contributed by atoms with Gasteiger partial charge in [-0.3, -0.25) is 9.79 Å². The predicted octanol–water partition coefficient (Wildman–Crippen LogP) is 5.27. The molecule has 39 heavy (non-hydrogen) atoms. The van der Waals surface area contributed by atoms with E-state index in [1.165, 1.54) is 0 Å². The lowest BCUT2D eigenvalue weighted by molar-refractivity contribution is -0.301. The van der Waals surface area contributed by atoms with Crippen LogP contribution >= 0.6 is 0 Å². The second-order valence-electron chi connectivity index (χ2n) is 13.5. The molecule has 0 aromatic carbocycles. The average Bonchev–Trinajstić information content (AvgIpc) is 3.03. The van der Waals surface area contributed by atoms with E-state index in [-0.39, 0.29) is 23.7 Å². The Balaban J connectivity index is 1.64. The van der Waals surface area contributed by atoms with Crippen LogP contribution < -0.4 is 0 Å². The van der Waals surface area contributed by atoms with Crippen molar-refractivity contribution >= 4 is 17.5 Å². The van der Waals surface area contributed by atoms with E-state index < -0.39 is 40.9 Å². The van der Waals surface area contributed by atoms with Crippen molar-refractivity contribution in [3.8, 4) is 0 Å². The topological polar surface area (TPSA) is 94.4 Å². The first-order valence-electron chi connectivity index (χ1n) is 14.5. The molecule has 7 heteroatoms. The molecule has 1 N–H and O–H groups in total. The molecule has 7 nitrogen and oxygen atoms in total. The molecule has 5 aliphatic rings. The van der Waals surface area contributed by atoms with Crippen LogP contribution in [0.4, 0.5) is 0 Å². The lowest BCUT2D eigenvalue weighted by Crippen LogP contribution is -2.66. The molecular weight excluding hydrogens is 494 g/mol. The van der Waals surface area contributed by atoms with Crippen LogP contribution in [0.15, 0.2) is 39.4 Å². The zero-order valence-electron chi connectivity index (χ0n) is 24.8. The van der Waals surface area contributed by atoms with Crippen LogP contribution in [0, 0.1) is 22.7 Å². The summed E-state index contributed by atoms with van der Waals surface area (Å²) >= 11 is 0. The van der Waals surface area contributed by atoms with Crippen molar-refractivity contribution in [2.75, 3.05) is 13.7 Å². The Kier molecular flexibility index (Phi) is 6.92. The monoisotopic (exact) mass is 539 g/mol. The third-order valence-electron chi connectivity index (χ3n) is 10.6. The fourth-order valence-electron chi connectivity index (χ4n) is 7.71. The lowest BCUT2D eigenvalue weighted by Gasteiger charge is -2.51. The molecule has 4 aliphatic carbocycles. The minimum atomic E-state index is -1.80. The van der Waals surface area contributed by atoms with Gasteiger partial charge in [-0.15, -0.1) is 0 Å². The summed E-state index contributed by atoms with van der Waals surface area (Å²) in [6.07, 6.45) is 6.89. The molecule has 1 spiro atoms. The highest BCUT2D eigenvalue weighted by Gasteiger charge is 2.72. The van der Waals surface area contributed by atoms with Gasteiger partial charge in [0.1, 0.15) is 6.10 Å². The van der Waals surface area contributed by atoms with Crippen molar-refractivity contribution in [2.45, 2.75) is 111 Å². The first-order valence-corrected chi connectivity index (χ1v) is 14.5. The maximum atomic E-state index is 14.7. The summed E-state index contributed by atoms with van der Waals surface area (Å²) in [5.41, 5.74) is 0.446. The zero-order chi connectivity index (χ0) is 28.5. The lowest BCUT2D eigenvalue weighted by atomic mass is 9.63. The van der Waals surface area contributed by atoms with Crippen LogP contribution in [0.1, 0.15) is 87.0 Å². The summed E-state index contributed by atoms with van der Waals surface area (Å²) in [6, 6.07) is 0. The van der Waals surface area contributed by atoms with Crippen molar-refractivity contribution in [2.24, 2.45) is 27.7 Å². The van der Waals surface area contributed by atoms with Crippen molar-refractivity contribution in [3.05, 3.63) is 34.4 Å². The van der Waals surface area contributed by atoms with Gasteiger partial charge < -0.3 is 19.3 Å². The molecule has 5 rings (SSSR count). The molecule has 6 atom stereocenters. The highest BCUT2D eigenvalue weighted by atomic mass is 16.7. The predicted molar refractivity (Wildman–Crippen MR) is 149 cm³/mol. The number of aliphatic imine (C=N–C) groups is 1. The van der Waals surface area contributed by atoms with Crippen molar-refractivity contribution in [1.82, 2.24) is 0 Å². The van der Waals surface area contributed by atoms with Gasteiger partial charge in [-0.25, -0.2) is 4.79 Å². The molecule has 214 valence electrons. The Morgan fingerprint density at radius 3 is 2.56 bits per heavy atom. The molecule has 0 aromatic heterocycles. The highest BCUT2D eigenvalue weighted by Crippen LogP contribution is 2.62. The summed E-state index contributed by atoms with van der Waals surface area (Å²) in [5.74, 6) is -1.67. The van der Waals surface area contributed by atoms with Crippen LogP contribution in [0.5, 0.6) is 0 Å². The largest absolute Gasteiger partial charge is 0.451 e. The summed E-state index contributed by atoms with van der Waals surface area (Å²) in [4.78, 5) is 32.8. The molecule has 0 aromatic rings. The van der Waals surface area contributed by atoms with Gasteiger partial charge in [0.25, 0.3) is 0 Å². The number of allylic oxidation sites excluding steroid dienone is 2. The number of Topliss-reactive ketones (excluding diaryl/α,β-unsaturated/α-hetero) is 1. The van der Waals surface area contributed by atoms with E-state index in [1.807, 2.05) is 32.9 Å². The Labute approximate surface area is 232 Å². The number of ketones is 1. The van der Waals surface area contributed by atoms with Crippen molar-refractivity contribution < 1.29 is 28.9 Å². The Morgan fingerprint density at radius 1 is 1.18 bits per heavy atom. The number of carbonyl (C=O) groups excluding carboxylic acids is 2. The van der Waals surface area contributed by atoms with E-state index in [2.05, 4.69) is 25.8 Å². The molecule has 0 radical (unpaired) electrons. The second kappa shape index (κ2) is 9.49. The van der Waals surface area contributed by atoms with E-state index in [1.54, 1.807) is 14.0 Å². The van der Waals surface area contributed by atoms with Gasteiger partial charge in [-0.1, -0.05) is 32.9 Å². The highest BCUT2D eigenvalue weighted by molar-refractivity contribution is 6.07. The van der Waals surface area contributed by atoms with Gasteiger partial charge in [0, 0.05) is 24.3 Å². The number of hydrogen-bond acceptors (Lipinski definition) is 7. The maximum Gasteiger partial charge on any atom is 0.334 e. The normalized spacial score (nSPS) is 41.5. The minimum absolute atomic E-state index is 0.0247. The SMILES string of the molecule is CN=C1CCCC/C1=C(/C)C(=O)OC1C(C)=CC23CCC(C)C(C)(C)C(C=C4COC(C)(C)OC4C12O)C3=O. The Morgan fingerprint density at radius 2 is 1.87 bits per heavy atom. The number of hydrogen-bond donors (Lipinski definition) is 1. The number of aliphatic hydroxyl groups is 1. The number of fused-ring (bicyclic) bond motifs is 3. The van der Waals surface area contributed by atoms with Crippen molar-refractivity contribution in [1.29, 1.82) is 0 Å². The third-order valence-corrected chi connectivity index (χ3v) is 10.6. The Bertz CT molecular complexity index is 1200. The van der Waals surface area contributed by atoms with E-state index in [9.17, 15) is 14.7 Å². The average molecular weight is 540 g/mol. The third kappa shape index (κ3) is 4.14. The number of ether oxygens (including phenoxy) is 3. The summed E-state index contributed by atoms with van der Waals surface area (Å²) in [6.45, 7) is 14.0. The van der Waals surface area contributed by atoms with E-state index in [0.29, 0.717) is 17.6 Å². The van der Waals surface area contributed by atoms with Gasteiger partial charge in [-0.2, -0.15) is 0 Å². The van der Waals surface area contributed by atoms with Gasteiger partial charge in [0.15, 0.2) is 23.3 Å². The first-order chi connectivity index (χ1) is 18.2. The summed E-state index contributed by atoms with van der Waals surface area (Å²) < 4.78 is 18.8. The number of nitrogens with zero attached hydrogens (tertiary/aromatic N) is 1. The van der Waals surface area contributed by atoms with E-state index >= 15 is 0 Å². The van der Waals surface area contributed by atoms with Crippen molar-refractivity contribution in [3.63, 3.8) is 0 Å².